The standard InChI is InChI=1S/C20H25N3O2/c1-3-13-6-14-8-18-15(7-17(14)22-19(13)24-2)10-23-5-4-21-12-20(23)9-16(20)11-25-18/h6-8,16,21H,3-5,9-12H2,1-2H3. The van der Waals surface area contributed by atoms with E-state index in [0.717, 1.165) is 67.3 Å². The summed E-state index contributed by atoms with van der Waals surface area (Å²) < 4.78 is 11.7. The zero-order chi connectivity index (χ0) is 17.0. The van der Waals surface area contributed by atoms with Crippen LogP contribution in [0.3, 0.4) is 0 Å². The molecule has 2 fully saturated rings. The Morgan fingerprint density at radius 1 is 1.40 bits per heavy atom. The highest BCUT2D eigenvalue weighted by molar-refractivity contribution is 5.83. The highest BCUT2D eigenvalue weighted by Crippen LogP contribution is 2.51. The summed E-state index contributed by atoms with van der Waals surface area (Å²) in [5.41, 5.74) is 3.71. The number of nitrogens with one attached hydrogen (secondary N) is 1. The first-order chi connectivity index (χ1) is 12.2. The molecule has 1 aromatic heterocycles. The minimum atomic E-state index is 0.322. The van der Waals surface area contributed by atoms with Gasteiger partial charge in [-0.25, -0.2) is 4.98 Å². The van der Waals surface area contributed by atoms with Crippen molar-refractivity contribution < 1.29 is 9.47 Å². The lowest BCUT2D eigenvalue weighted by Gasteiger charge is -2.39. The minimum Gasteiger partial charge on any atom is -0.493 e. The van der Waals surface area contributed by atoms with E-state index in [2.05, 4.69) is 35.3 Å². The molecule has 1 aliphatic carbocycles. The van der Waals surface area contributed by atoms with Crippen molar-refractivity contribution in [3.8, 4) is 11.6 Å². The first kappa shape index (κ1) is 15.4. The summed E-state index contributed by atoms with van der Waals surface area (Å²) in [6.07, 6.45) is 2.16. The molecule has 1 saturated heterocycles. The summed E-state index contributed by atoms with van der Waals surface area (Å²) in [7, 11) is 1.70. The molecule has 25 heavy (non-hydrogen) atoms. The number of benzene rings is 1. The second-order valence-electron chi connectivity index (χ2n) is 7.58. The van der Waals surface area contributed by atoms with Gasteiger partial charge in [0.25, 0.3) is 0 Å². The van der Waals surface area contributed by atoms with Crippen LogP contribution < -0.4 is 14.8 Å². The summed E-state index contributed by atoms with van der Waals surface area (Å²) in [5.74, 6) is 2.42. The van der Waals surface area contributed by atoms with Gasteiger partial charge in [0.2, 0.25) is 5.88 Å². The van der Waals surface area contributed by atoms with E-state index in [-0.39, 0.29) is 0 Å². The molecule has 2 atom stereocenters. The molecule has 1 aromatic carbocycles. The molecule has 2 aromatic rings. The number of aromatic nitrogens is 1. The number of pyridine rings is 1. The van der Waals surface area contributed by atoms with Gasteiger partial charge < -0.3 is 14.8 Å². The summed E-state index contributed by atoms with van der Waals surface area (Å²) in [6.45, 7) is 7.18. The Morgan fingerprint density at radius 3 is 3.16 bits per heavy atom. The van der Waals surface area contributed by atoms with Gasteiger partial charge in [-0.15, -0.1) is 0 Å². The van der Waals surface area contributed by atoms with Crippen LogP contribution in [-0.2, 0) is 13.0 Å². The highest BCUT2D eigenvalue weighted by Gasteiger charge is 2.59. The van der Waals surface area contributed by atoms with Crippen molar-refractivity contribution in [3.05, 3.63) is 29.3 Å². The lowest BCUT2D eigenvalue weighted by Crippen LogP contribution is -2.54. The quantitative estimate of drug-likeness (QED) is 0.910. The smallest absolute Gasteiger partial charge is 0.216 e. The van der Waals surface area contributed by atoms with Crippen molar-refractivity contribution in [1.29, 1.82) is 0 Å². The summed E-state index contributed by atoms with van der Waals surface area (Å²) in [4.78, 5) is 7.42. The van der Waals surface area contributed by atoms with Crippen LogP contribution in [-0.4, -0.2) is 48.8 Å². The molecule has 2 aliphatic heterocycles. The third-order valence-electron chi connectivity index (χ3n) is 6.23. The Morgan fingerprint density at radius 2 is 2.32 bits per heavy atom. The average molecular weight is 339 g/mol. The van der Waals surface area contributed by atoms with E-state index >= 15 is 0 Å². The van der Waals surface area contributed by atoms with Crippen LogP contribution in [0.2, 0.25) is 0 Å². The molecular formula is C20H25N3O2. The maximum atomic E-state index is 6.25. The normalized spacial score (nSPS) is 28.2. The Kier molecular flexibility index (Phi) is 3.44. The largest absolute Gasteiger partial charge is 0.493 e. The van der Waals surface area contributed by atoms with E-state index in [0.29, 0.717) is 11.5 Å². The van der Waals surface area contributed by atoms with Crippen molar-refractivity contribution in [1.82, 2.24) is 15.2 Å². The molecule has 5 nitrogen and oxygen atoms in total. The number of fused-ring (bicyclic) bond motifs is 2. The van der Waals surface area contributed by atoms with Crippen molar-refractivity contribution in [2.45, 2.75) is 31.8 Å². The molecule has 132 valence electrons. The zero-order valence-corrected chi connectivity index (χ0v) is 15.0. The summed E-state index contributed by atoms with van der Waals surface area (Å²) >= 11 is 0. The van der Waals surface area contributed by atoms with Crippen LogP contribution >= 0.6 is 0 Å². The molecular weight excluding hydrogens is 314 g/mol. The number of hydrogen-bond donors (Lipinski definition) is 1. The number of aryl methyl sites for hydroxylation is 1. The molecule has 0 amide bonds. The van der Waals surface area contributed by atoms with E-state index in [1.54, 1.807) is 7.11 Å². The molecule has 1 spiro atoms. The Bertz CT molecular complexity index is 837. The van der Waals surface area contributed by atoms with Crippen molar-refractivity contribution in [2.75, 3.05) is 33.4 Å². The van der Waals surface area contributed by atoms with Gasteiger partial charge in [0.05, 0.1) is 19.2 Å². The van der Waals surface area contributed by atoms with E-state index in [9.17, 15) is 0 Å². The summed E-state index contributed by atoms with van der Waals surface area (Å²) in [6, 6.07) is 6.56. The molecule has 3 heterocycles. The van der Waals surface area contributed by atoms with Crippen LogP contribution in [0.4, 0.5) is 0 Å². The van der Waals surface area contributed by atoms with E-state index < -0.39 is 0 Å². The third-order valence-corrected chi connectivity index (χ3v) is 6.23. The fourth-order valence-corrected chi connectivity index (χ4v) is 4.63. The molecule has 2 unspecified atom stereocenters. The fraction of sp³-hybridized carbons (Fsp3) is 0.550. The molecule has 1 saturated carbocycles. The predicted molar refractivity (Wildman–Crippen MR) is 97.3 cm³/mol. The van der Waals surface area contributed by atoms with Crippen LogP contribution in [0.1, 0.15) is 24.5 Å². The van der Waals surface area contributed by atoms with Crippen molar-refractivity contribution in [2.24, 2.45) is 5.92 Å². The van der Waals surface area contributed by atoms with Crippen molar-refractivity contribution in [3.63, 3.8) is 0 Å². The van der Waals surface area contributed by atoms with E-state index in [1.165, 1.54) is 12.0 Å². The van der Waals surface area contributed by atoms with Crippen LogP contribution in [0, 0.1) is 5.92 Å². The molecule has 1 N–H and O–H groups in total. The first-order valence-corrected chi connectivity index (χ1v) is 9.32. The van der Waals surface area contributed by atoms with Gasteiger partial charge in [-0.2, -0.15) is 0 Å². The first-order valence-electron chi connectivity index (χ1n) is 9.32. The fourth-order valence-electron chi connectivity index (χ4n) is 4.63. The van der Waals surface area contributed by atoms with Crippen LogP contribution in [0.15, 0.2) is 18.2 Å². The molecule has 5 heteroatoms. The number of rotatable bonds is 2. The van der Waals surface area contributed by atoms with Crippen LogP contribution in [0.25, 0.3) is 10.9 Å². The van der Waals surface area contributed by atoms with E-state index in [4.69, 9.17) is 14.5 Å². The lowest BCUT2D eigenvalue weighted by atomic mass is 10.0. The maximum absolute atomic E-state index is 6.25. The zero-order valence-electron chi connectivity index (χ0n) is 15.0. The monoisotopic (exact) mass is 339 g/mol. The van der Waals surface area contributed by atoms with Gasteiger partial charge in [-0.1, -0.05) is 6.92 Å². The van der Waals surface area contributed by atoms with Gasteiger partial charge in [-0.3, -0.25) is 4.90 Å². The van der Waals surface area contributed by atoms with Crippen molar-refractivity contribution >= 4 is 10.9 Å². The number of piperazine rings is 1. The number of methoxy groups -OCH3 is 1. The number of ether oxygens (including phenoxy) is 2. The van der Waals surface area contributed by atoms with Gasteiger partial charge in [0.1, 0.15) is 5.75 Å². The molecule has 5 rings (SSSR count). The Hall–Kier alpha value is -1.85. The SMILES string of the molecule is CCc1cc2cc3c(cc2nc1OC)CN1CCNCC12CC2CO3. The number of nitrogens with zero attached hydrogens (tertiary/aromatic N) is 2. The third kappa shape index (κ3) is 2.33. The second-order valence-corrected chi connectivity index (χ2v) is 7.58. The highest BCUT2D eigenvalue weighted by atomic mass is 16.5. The summed E-state index contributed by atoms with van der Waals surface area (Å²) in [5, 5.41) is 4.71. The van der Waals surface area contributed by atoms with E-state index in [1.807, 2.05) is 0 Å². The maximum Gasteiger partial charge on any atom is 0.216 e. The second kappa shape index (κ2) is 5.58. The minimum absolute atomic E-state index is 0.322. The predicted octanol–water partition coefficient (Wildman–Crippen LogP) is 2.36. The van der Waals surface area contributed by atoms with Crippen LogP contribution in [0.5, 0.6) is 11.6 Å². The van der Waals surface area contributed by atoms with Gasteiger partial charge >= 0.3 is 0 Å². The van der Waals surface area contributed by atoms with Gasteiger partial charge in [-0.05, 0) is 31.0 Å². The molecule has 0 radical (unpaired) electrons. The van der Waals surface area contributed by atoms with Gasteiger partial charge in [0.15, 0.2) is 0 Å². The average Bonchev–Trinajstić information content (AvgIpc) is 3.31. The molecule has 0 bridgehead atoms. The Labute approximate surface area is 148 Å². The topological polar surface area (TPSA) is 46.6 Å². The number of hydrogen-bond acceptors (Lipinski definition) is 5. The molecule has 3 aliphatic rings. The Balaban J connectivity index is 1.59. The lowest BCUT2D eigenvalue weighted by molar-refractivity contribution is 0.0994. The van der Waals surface area contributed by atoms with Gasteiger partial charge in [0, 0.05) is 54.1 Å².